The average Bonchev–Trinajstić information content (AvgIpc) is 2.74. The van der Waals surface area contributed by atoms with Crippen LogP contribution in [0.15, 0.2) is 53.7 Å². The summed E-state index contributed by atoms with van der Waals surface area (Å²) in [4.78, 5) is 25.9. The average molecular weight is 428 g/mol. The van der Waals surface area contributed by atoms with E-state index in [2.05, 4.69) is 5.32 Å². The first-order chi connectivity index (χ1) is 14.3. The predicted molar refractivity (Wildman–Crippen MR) is 115 cm³/mol. The standard InChI is InChI=1S/C22H21FN2O4S/c1-12-5-10-16(11-17(12)23)25-13(2)18(21(27)29-4)19(24-22(25)30)14-6-8-15(9-7-14)20(26)28-3/h5-11,19H,1-4H3,(H,24,30). The lowest BCUT2D eigenvalue weighted by Crippen LogP contribution is -2.48. The highest BCUT2D eigenvalue weighted by Gasteiger charge is 2.35. The van der Waals surface area contributed by atoms with E-state index in [1.165, 1.54) is 20.3 Å². The minimum absolute atomic E-state index is 0.311. The molecule has 0 fully saturated rings. The van der Waals surface area contributed by atoms with Gasteiger partial charge < -0.3 is 14.8 Å². The minimum Gasteiger partial charge on any atom is -0.466 e. The lowest BCUT2D eigenvalue weighted by Gasteiger charge is -2.37. The van der Waals surface area contributed by atoms with E-state index in [1.54, 1.807) is 55.1 Å². The van der Waals surface area contributed by atoms with Crippen LogP contribution in [0.4, 0.5) is 10.1 Å². The fourth-order valence-electron chi connectivity index (χ4n) is 3.33. The van der Waals surface area contributed by atoms with Gasteiger partial charge in [0.05, 0.1) is 37.1 Å². The van der Waals surface area contributed by atoms with Crippen LogP contribution in [0.5, 0.6) is 0 Å². The van der Waals surface area contributed by atoms with Crippen LogP contribution in [-0.2, 0) is 14.3 Å². The van der Waals surface area contributed by atoms with E-state index >= 15 is 0 Å². The second-order valence-electron chi connectivity index (χ2n) is 6.76. The lowest BCUT2D eigenvalue weighted by molar-refractivity contribution is -0.136. The molecule has 2 aromatic rings. The molecule has 0 saturated heterocycles. The lowest BCUT2D eigenvalue weighted by atomic mass is 9.94. The monoisotopic (exact) mass is 428 g/mol. The molecule has 8 heteroatoms. The van der Waals surface area contributed by atoms with Crippen LogP contribution in [0, 0.1) is 12.7 Å². The van der Waals surface area contributed by atoms with Crippen molar-refractivity contribution in [3.05, 3.63) is 76.2 Å². The number of halogens is 1. The SMILES string of the molecule is COC(=O)C1=C(C)N(c2ccc(C)c(F)c2)C(=S)NC1c1ccc(C(=O)OC)cc1. The third kappa shape index (κ3) is 3.91. The predicted octanol–water partition coefficient (Wildman–Crippen LogP) is 3.80. The Morgan fingerprint density at radius 1 is 1.03 bits per heavy atom. The van der Waals surface area contributed by atoms with Gasteiger partial charge >= 0.3 is 11.9 Å². The van der Waals surface area contributed by atoms with Crippen molar-refractivity contribution in [3.8, 4) is 0 Å². The highest BCUT2D eigenvalue weighted by molar-refractivity contribution is 7.80. The van der Waals surface area contributed by atoms with Crippen molar-refractivity contribution in [3.63, 3.8) is 0 Å². The first kappa shape index (κ1) is 21.4. The van der Waals surface area contributed by atoms with E-state index in [0.717, 1.165) is 0 Å². The molecule has 0 aromatic heterocycles. The van der Waals surface area contributed by atoms with Gasteiger partial charge in [-0.2, -0.15) is 0 Å². The number of esters is 2. The normalized spacial score (nSPS) is 16.2. The molecule has 6 nitrogen and oxygen atoms in total. The van der Waals surface area contributed by atoms with Gasteiger partial charge in [-0.15, -0.1) is 0 Å². The fraction of sp³-hybridized carbons (Fsp3) is 0.227. The van der Waals surface area contributed by atoms with Crippen LogP contribution in [-0.4, -0.2) is 31.3 Å². The van der Waals surface area contributed by atoms with Gasteiger partial charge in [0.25, 0.3) is 0 Å². The highest BCUT2D eigenvalue weighted by atomic mass is 32.1. The molecule has 0 amide bonds. The number of ether oxygens (including phenoxy) is 2. The first-order valence-corrected chi connectivity index (χ1v) is 9.53. The zero-order valence-electron chi connectivity index (χ0n) is 17.0. The van der Waals surface area contributed by atoms with Gasteiger partial charge in [-0.3, -0.25) is 4.90 Å². The Hall–Kier alpha value is -3.26. The zero-order chi connectivity index (χ0) is 22.0. The van der Waals surface area contributed by atoms with E-state index in [4.69, 9.17) is 21.7 Å². The number of thiocarbonyl (C=S) groups is 1. The molecule has 1 N–H and O–H groups in total. The molecule has 1 unspecified atom stereocenters. The summed E-state index contributed by atoms with van der Waals surface area (Å²) in [5.74, 6) is -1.37. The summed E-state index contributed by atoms with van der Waals surface area (Å²) in [7, 11) is 2.60. The third-order valence-electron chi connectivity index (χ3n) is 4.97. The number of benzene rings is 2. The summed E-state index contributed by atoms with van der Waals surface area (Å²) in [5, 5.41) is 3.44. The van der Waals surface area contributed by atoms with Crippen LogP contribution in [0.25, 0.3) is 0 Å². The zero-order valence-corrected chi connectivity index (χ0v) is 17.8. The number of rotatable bonds is 4. The maximum Gasteiger partial charge on any atom is 0.337 e. The fourth-order valence-corrected chi connectivity index (χ4v) is 3.69. The maximum absolute atomic E-state index is 14.1. The van der Waals surface area contributed by atoms with Crippen molar-refractivity contribution in [1.29, 1.82) is 0 Å². The highest BCUT2D eigenvalue weighted by Crippen LogP contribution is 2.34. The summed E-state index contributed by atoms with van der Waals surface area (Å²) in [6, 6.07) is 10.8. The minimum atomic E-state index is -0.594. The Balaban J connectivity index is 2.08. The number of anilines is 1. The summed E-state index contributed by atoms with van der Waals surface area (Å²) < 4.78 is 23.9. The van der Waals surface area contributed by atoms with Crippen LogP contribution >= 0.6 is 12.2 Å². The van der Waals surface area contributed by atoms with Crippen molar-refractivity contribution in [2.45, 2.75) is 19.9 Å². The molecule has 0 spiro atoms. The summed E-state index contributed by atoms with van der Waals surface area (Å²) in [6.07, 6.45) is 0. The van der Waals surface area contributed by atoms with Crippen LogP contribution in [0.2, 0.25) is 0 Å². The van der Waals surface area contributed by atoms with Gasteiger partial charge in [-0.25, -0.2) is 14.0 Å². The second-order valence-corrected chi connectivity index (χ2v) is 7.14. The molecular formula is C22H21FN2O4S. The quantitative estimate of drug-likeness (QED) is 0.587. The Morgan fingerprint density at radius 3 is 2.23 bits per heavy atom. The molecule has 156 valence electrons. The first-order valence-electron chi connectivity index (χ1n) is 9.12. The molecule has 0 saturated carbocycles. The largest absolute Gasteiger partial charge is 0.466 e. The molecule has 2 aromatic carbocycles. The smallest absolute Gasteiger partial charge is 0.337 e. The second kappa shape index (κ2) is 8.62. The van der Waals surface area contributed by atoms with Gasteiger partial charge in [0.1, 0.15) is 5.82 Å². The van der Waals surface area contributed by atoms with E-state index in [1.807, 2.05) is 0 Å². The molecular weight excluding hydrogens is 407 g/mol. The van der Waals surface area contributed by atoms with Crippen LogP contribution < -0.4 is 10.2 Å². The topological polar surface area (TPSA) is 67.9 Å². The van der Waals surface area contributed by atoms with Gasteiger partial charge in [0, 0.05) is 5.70 Å². The van der Waals surface area contributed by atoms with Crippen molar-refractivity contribution >= 4 is 35.0 Å². The maximum atomic E-state index is 14.1. The van der Waals surface area contributed by atoms with Crippen LogP contribution in [0.1, 0.15) is 34.5 Å². The van der Waals surface area contributed by atoms with Crippen molar-refractivity contribution in [2.75, 3.05) is 19.1 Å². The number of carbonyl (C=O) groups excluding carboxylic acids is 2. The molecule has 0 aliphatic carbocycles. The molecule has 0 bridgehead atoms. The number of hydrogen-bond acceptors (Lipinski definition) is 5. The van der Waals surface area contributed by atoms with Gasteiger partial charge in [0.15, 0.2) is 5.11 Å². The number of methoxy groups -OCH3 is 2. The van der Waals surface area contributed by atoms with E-state index in [0.29, 0.717) is 38.8 Å². The van der Waals surface area contributed by atoms with Crippen molar-refractivity contribution < 1.29 is 23.5 Å². The summed E-state index contributed by atoms with van der Waals surface area (Å²) >= 11 is 5.53. The van der Waals surface area contributed by atoms with Gasteiger partial charge in [-0.05, 0) is 61.5 Å². The Morgan fingerprint density at radius 2 is 1.67 bits per heavy atom. The summed E-state index contributed by atoms with van der Waals surface area (Å²) in [6.45, 7) is 3.40. The van der Waals surface area contributed by atoms with Crippen molar-refractivity contribution in [1.82, 2.24) is 5.32 Å². The number of nitrogens with one attached hydrogen (secondary N) is 1. The number of aryl methyl sites for hydroxylation is 1. The van der Waals surface area contributed by atoms with Crippen LogP contribution in [0.3, 0.4) is 0 Å². The summed E-state index contributed by atoms with van der Waals surface area (Å²) in [5.41, 5.74) is 2.95. The van der Waals surface area contributed by atoms with Gasteiger partial charge in [-0.1, -0.05) is 18.2 Å². The number of carbonyl (C=O) groups is 2. The molecule has 1 heterocycles. The van der Waals surface area contributed by atoms with Gasteiger partial charge in [0.2, 0.25) is 0 Å². The molecule has 3 rings (SSSR count). The number of allylic oxidation sites excluding steroid dienone is 1. The van der Waals surface area contributed by atoms with E-state index in [9.17, 15) is 14.0 Å². The Labute approximate surface area is 179 Å². The van der Waals surface area contributed by atoms with E-state index in [-0.39, 0.29) is 5.82 Å². The van der Waals surface area contributed by atoms with E-state index < -0.39 is 18.0 Å². The Kier molecular flexibility index (Phi) is 6.17. The number of hydrogen-bond donors (Lipinski definition) is 1. The molecule has 1 aliphatic rings. The Bertz CT molecular complexity index is 1050. The number of nitrogens with zero attached hydrogens (tertiary/aromatic N) is 1. The third-order valence-corrected chi connectivity index (χ3v) is 5.27. The molecule has 30 heavy (non-hydrogen) atoms. The van der Waals surface area contributed by atoms with Crippen molar-refractivity contribution in [2.24, 2.45) is 0 Å². The molecule has 1 atom stereocenters. The molecule has 1 aliphatic heterocycles. The molecule has 0 radical (unpaired) electrons.